The Morgan fingerprint density at radius 2 is 1.86 bits per heavy atom. The standard InChI is InChI=1S/C15H12ClNO4/c16-11-2-1-3-13(8-11)21-9-14(18)17-12-6-4-10(5-7-12)15(19)20/h1-8H,9H2,(H,17,18)(H,19,20). The molecule has 0 aliphatic carbocycles. The number of ether oxygens (including phenoxy) is 1. The van der Waals surface area contributed by atoms with Crippen LogP contribution in [-0.4, -0.2) is 23.6 Å². The molecule has 0 unspecified atom stereocenters. The van der Waals surface area contributed by atoms with Crippen molar-refractivity contribution in [2.45, 2.75) is 0 Å². The van der Waals surface area contributed by atoms with E-state index in [0.29, 0.717) is 16.5 Å². The molecular weight excluding hydrogens is 294 g/mol. The lowest BCUT2D eigenvalue weighted by atomic mass is 10.2. The van der Waals surface area contributed by atoms with Crippen LogP contribution in [0.5, 0.6) is 5.75 Å². The van der Waals surface area contributed by atoms with Gasteiger partial charge in [-0.3, -0.25) is 4.79 Å². The van der Waals surface area contributed by atoms with Crippen LogP contribution in [0.25, 0.3) is 0 Å². The van der Waals surface area contributed by atoms with E-state index in [4.69, 9.17) is 21.4 Å². The Morgan fingerprint density at radius 3 is 2.48 bits per heavy atom. The third-order valence-corrected chi connectivity index (χ3v) is 2.82. The van der Waals surface area contributed by atoms with Gasteiger partial charge in [0.25, 0.3) is 5.91 Å². The summed E-state index contributed by atoms with van der Waals surface area (Å²) in [6.07, 6.45) is 0. The zero-order valence-corrected chi connectivity index (χ0v) is 11.6. The number of hydrogen-bond donors (Lipinski definition) is 2. The van der Waals surface area contributed by atoms with E-state index in [0.717, 1.165) is 0 Å². The van der Waals surface area contributed by atoms with E-state index in [1.165, 1.54) is 24.3 Å². The maximum absolute atomic E-state index is 11.7. The normalized spacial score (nSPS) is 9.95. The Morgan fingerprint density at radius 1 is 1.14 bits per heavy atom. The lowest BCUT2D eigenvalue weighted by Gasteiger charge is -2.08. The number of rotatable bonds is 5. The first kappa shape index (κ1) is 14.9. The van der Waals surface area contributed by atoms with Gasteiger partial charge in [-0.25, -0.2) is 4.79 Å². The second-order valence-electron chi connectivity index (χ2n) is 4.18. The van der Waals surface area contributed by atoms with E-state index in [1.54, 1.807) is 24.3 Å². The molecule has 2 rings (SSSR count). The zero-order chi connectivity index (χ0) is 15.2. The number of anilines is 1. The third kappa shape index (κ3) is 4.50. The van der Waals surface area contributed by atoms with Crippen LogP contribution in [0.4, 0.5) is 5.69 Å². The van der Waals surface area contributed by atoms with Gasteiger partial charge in [-0.15, -0.1) is 0 Å². The van der Waals surface area contributed by atoms with Crippen molar-refractivity contribution < 1.29 is 19.4 Å². The largest absolute Gasteiger partial charge is 0.484 e. The highest BCUT2D eigenvalue weighted by atomic mass is 35.5. The maximum Gasteiger partial charge on any atom is 0.335 e. The Hall–Kier alpha value is -2.53. The Bertz CT molecular complexity index is 655. The number of hydrogen-bond acceptors (Lipinski definition) is 3. The van der Waals surface area contributed by atoms with Crippen molar-refractivity contribution in [2.75, 3.05) is 11.9 Å². The average molecular weight is 306 g/mol. The second-order valence-corrected chi connectivity index (χ2v) is 4.61. The fraction of sp³-hybridized carbons (Fsp3) is 0.0667. The summed E-state index contributed by atoms with van der Waals surface area (Å²) >= 11 is 5.80. The van der Waals surface area contributed by atoms with E-state index in [1.807, 2.05) is 0 Å². The van der Waals surface area contributed by atoms with Crippen molar-refractivity contribution in [3.63, 3.8) is 0 Å². The number of benzene rings is 2. The van der Waals surface area contributed by atoms with Crippen molar-refractivity contribution in [3.05, 3.63) is 59.1 Å². The maximum atomic E-state index is 11.7. The minimum atomic E-state index is -1.02. The lowest BCUT2D eigenvalue weighted by molar-refractivity contribution is -0.118. The SMILES string of the molecule is O=C(COc1cccc(Cl)c1)Nc1ccc(C(=O)O)cc1. The Labute approximate surface area is 126 Å². The summed E-state index contributed by atoms with van der Waals surface area (Å²) < 4.78 is 5.29. The van der Waals surface area contributed by atoms with Crippen LogP contribution >= 0.6 is 11.6 Å². The number of carbonyl (C=O) groups is 2. The van der Waals surface area contributed by atoms with Gasteiger partial charge in [-0.05, 0) is 42.5 Å². The van der Waals surface area contributed by atoms with Crippen LogP contribution in [0.3, 0.4) is 0 Å². The number of aromatic carboxylic acids is 1. The molecule has 0 saturated carbocycles. The van der Waals surface area contributed by atoms with Gasteiger partial charge in [-0.1, -0.05) is 17.7 Å². The fourth-order valence-electron chi connectivity index (χ4n) is 1.60. The molecule has 1 amide bonds. The van der Waals surface area contributed by atoms with E-state index in [9.17, 15) is 9.59 Å². The van der Waals surface area contributed by atoms with Crippen molar-refractivity contribution in [1.29, 1.82) is 0 Å². The van der Waals surface area contributed by atoms with Gasteiger partial charge in [-0.2, -0.15) is 0 Å². The predicted molar refractivity (Wildman–Crippen MR) is 79.0 cm³/mol. The summed E-state index contributed by atoms with van der Waals surface area (Å²) in [6, 6.07) is 12.6. The van der Waals surface area contributed by atoms with Crippen molar-refractivity contribution in [1.82, 2.24) is 0 Å². The molecule has 0 saturated heterocycles. The average Bonchev–Trinajstić information content (AvgIpc) is 2.46. The summed E-state index contributed by atoms with van der Waals surface area (Å²) in [7, 11) is 0. The molecule has 0 spiro atoms. The number of amides is 1. The van der Waals surface area contributed by atoms with Crippen LogP contribution in [0.15, 0.2) is 48.5 Å². The van der Waals surface area contributed by atoms with Crippen LogP contribution in [-0.2, 0) is 4.79 Å². The van der Waals surface area contributed by atoms with Crippen molar-refractivity contribution >= 4 is 29.2 Å². The van der Waals surface area contributed by atoms with E-state index < -0.39 is 5.97 Å². The topological polar surface area (TPSA) is 75.6 Å². The van der Waals surface area contributed by atoms with Crippen LogP contribution in [0, 0.1) is 0 Å². The van der Waals surface area contributed by atoms with Crippen molar-refractivity contribution in [2.24, 2.45) is 0 Å². The van der Waals surface area contributed by atoms with Gasteiger partial charge in [0.2, 0.25) is 0 Å². The quantitative estimate of drug-likeness (QED) is 0.890. The number of halogens is 1. The van der Waals surface area contributed by atoms with Crippen LogP contribution < -0.4 is 10.1 Å². The molecule has 2 aromatic rings. The van der Waals surface area contributed by atoms with E-state index in [2.05, 4.69) is 5.32 Å². The first-order valence-corrected chi connectivity index (χ1v) is 6.44. The van der Waals surface area contributed by atoms with Gasteiger partial charge in [0, 0.05) is 10.7 Å². The molecule has 0 aromatic heterocycles. The molecule has 6 heteroatoms. The zero-order valence-electron chi connectivity index (χ0n) is 10.9. The summed E-state index contributed by atoms with van der Waals surface area (Å²) in [5.41, 5.74) is 0.655. The molecule has 2 N–H and O–H groups in total. The summed E-state index contributed by atoms with van der Waals surface area (Å²) in [6.45, 7) is -0.166. The Balaban J connectivity index is 1.88. The molecule has 0 atom stereocenters. The minimum Gasteiger partial charge on any atom is -0.484 e. The van der Waals surface area contributed by atoms with Gasteiger partial charge in [0.05, 0.1) is 5.56 Å². The summed E-state index contributed by atoms with van der Waals surface area (Å²) in [5, 5.41) is 11.9. The first-order valence-electron chi connectivity index (χ1n) is 6.06. The van der Waals surface area contributed by atoms with Gasteiger partial charge in [0.15, 0.2) is 6.61 Å². The minimum absolute atomic E-state index is 0.156. The molecule has 0 aliphatic heterocycles. The molecule has 0 bridgehead atoms. The monoisotopic (exact) mass is 305 g/mol. The molecule has 0 aliphatic rings. The number of carboxylic acid groups (broad SMARTS) is 1. The molecule has 0 heterocycles. The molecule has 0 fully saturated rings. The highest BCUT2D eigenvalue weighted by Gasteiger charge is 2.06. The molecule has 2 aromatic carbocycles. The number of carbonyl (C=O) groups excluding carboxylic acids is 1. The Kier molecular flexibility index (Phi) is 4.79. The van der Waals surface area contributed by atoms with Gasteiger partial charge < -0.3 is 15.2 Å². The third-order valence-electron chi connectivity index (χ3n) is 2.58. The highest BCUT2D eigenvalue weighted by molar-refractivity contribution is 6.30. The summed E-state index contributed by atoms with van der Waals surface area (Å²) in [5.74, 6) is -0.867. The second kappa shape index (κ2) is 6.76. The van der Waals surface area contributed by atoms with Gasteiger partial charge in [0.1, 0.15) is 5.75 Å². The summed E-state index contributed by atoms with van der Waals surface area (Å²) in [4.78, 5) is 22.4. The van der Waals surface area contributed by atoms with Gasteiger partial charge >= 0.3 is 5.97 Å². The molecular formula is C15H12ClNO4. The van der Waals surface area contributed by atoms with E-state index in [-0.39, 0.29) is 18.1 Å². The van der Waals surface area contributed by atoms with Crippen LogP contribution in [0.1, 0.15) is 10.4 Å². The number of nitrogens with one attached hydrogen (secondary N) is 1. The smallest absolute Gasteiger partial charge is 0.335 e. The lowest BCUT2D eigenvalue weighted by Crippen LogP contribution is -2.20. The first-order chi connectivity index (χ1) is 10.0. The molecule has 5 nitrogen and oxygen atoms in total. The molecule has 108 valence electrons. The predicted octanol–water partition coefficient (Wildman–Crippen LogP) is 3.06. The molecule has 21 heavy (non-hydrogen) atoms. The van der Waals surface area contributed by atoms with Crippen molar-refractivity contribution in [3.8, 4) is 5.75 Å². The highest BCUT2D eigenvalue weighted by Crippen LogP contribution is 2.17. The van der Waals surface area contributed by atoms with E-state index >= 15 is 0 Å². The number of carboxylic acids is 1. The van der Waals surface area contributed by atoms with Crippen LogP contribution in [0.2, 0.25) is 5.02 Å². The fourth-order valence-corrected chi connectivity index (χ4v) is 1.78. The molecule has 0 radical (unpaired) electrons.